The quantitative estimate of drug-likeness (QED) is 0.857. The van der Waals surface area contributed by atoms with Crippen molar-refractivity contribution in [2.45, 2.75) is 38.2 Å². The predicted molar refractivity (Wildman–Crippen MR) is 78.9 cm³/mol. The van der Waals surface area contributed by atoms with E-state index in [-0.39, 0.29) is 24.4 Å². The average molecular weight is 287 g/mol. The van der Waals surface area contributed by atoms with Crippen LogP contribution in [0.25, 0.3) is 0 Å². The molecule has 1 unspecified atom stereocenters. The molecule has 0 saturated carbocycles. The summed E-state index contributed by atoms with van der Waals surface area (Å²) in [5, 5.41) is 0. The van der Waals surface area contributed by atoms with Gasteiger partial charge >= 0.3 is 0 Å². The van der Waals surface area contributed by atoms with Crippen LogP contribution in [0.5, 0.6) is 0 Å². The number of aryl methyl sites for hydroxylation is 1. The minimum Gasteiger partial charge on any atom is -0.364 e. The third kappa shape index (κ3) is 3.32. The van der Waals surface area contributed by atoms with Gasteiger partial charge in [0.25, 0.3) is 0 Å². The molecule has 0 spiro atoms. The van der Waals surface area contributed by atoms with Crippen LogP contribution in [0.3, 0.4) is 0 Å². The lowest BCUT2D eigenvalue weighted by Crippen LogP contribution is -2.40. The molecule has 3 rings (SSSR count). The molecule has 1 aromatic carbocycles. The van der Waals surface area contributed by atoms with Crippen molar-refractivity contribution in [1.29, 1.82) is 0 Å². The van der Waals surface area contributed by atoms with Gasteiger partial charge in [-0.2, -0.15) is 0 Å². The minimum absolute atomic E-state index is 0.00514. The first kappa shape index (κ1) is 14.3. The molecule has 1 fully saturated rings. The fourth-order valence-corrected chi connectivity index (χ4v) is 3.15. The number of benzene rings is 1. The molecule has 1 heterocycles. The summed E-state index contributed by atoms with van der Waals surface area (Å²) in [6, 6.07) is 8.32. The standard InChI is InChI=1S/C17H21NO3/c19-14-8-10-18(11-9-14)17(20)12-21-16-7-3-5-13-4-1-2-6-15(13)16/h1-2,4,6,16H,3,5,7-12H2. The van der Waals surface area contributed by atoms with E-state index >= 15 is 0 Å². The van der Waals surface area contributed by atoms with Gasteiger partial charge in [0.2, 0.25) is 5.91 Å². The Morgan fingerprint density at radius 1 is 1.19 bits per heavy atom. The largest absolute Gasteiger partial charge is 0.364 e. The number of ether oxygens (including phenoxy) is 1. The van der Waals surface area contributed by atoms with E-state index in [2.05, 4.69) is 18.2 Å². The molecule has 1 aromatic rings. The lowest BCUT2D eigenvalue weighted by atomic mass is 9.89. The van der Waals surface area contributed by atoms with E-state index in [0.29, 0.717) is 25.9 Å². The van der Waals surface area contributed by atoms with Crippen LogP contribution in [0.4, 0.5) is 0 Å². The van der Waals surface area contributed by atoms with E-state index in [1.807, 2.05) is 6.07 Å². The first-order valence-corrected chi connectivity index (χ1v) is 7.73. The molecule has 1 saturated heterocycles. The number of hydrogen-bond acceptors (Lipinski definition) is 3. The summed E-state index contributed by atoms with van der Waals surface area (Å²) >= 11 is 0. The zero-order valence-electron chi connectivity index (χ0n) is 12.2. The maximum Gasteiger partial charge on any atom is 0.248 e. The summed E-state index contributed by atoms with van der Waals surface area (Å²) in [4.78, 5) is 25.1. The number of amides is 1. The van der Waals surface area contributed by atoms with Gasteiger partial charge in [-0.05, 0) is 30.4 Å². The highest BCUT2D eigenvalue weighted by Crippen LogP contribution is 2.32. The van der Waals surface area contributed by atoms with Gasteiger partial charge in [0.15, 0.2) is 0 Å². The van der Waals surface area contributed by atoms with Crippen LogP contribution in [-0.4, -0.2) is 36.3 Å². The van der Waals surface area contributed by atoms with Crippen LogP contribution >= 0.6 is 0 Å². The highest BCUT2D eigenvalue weighted by molar-refractivity contribution is 5.83. The van der Waals surface area contributed by atoms with Gasteiger partial charge in [0.1, 0.15) is 12.4 Å². The second-order valence-electron chi connectivity index (χ2n) is 5.81. The summed E-state index contributed by atoms with van der Waals surface area (Å²) in [6.45, 7) is 1.21. The van der Waals surface area contributed by atoms with Gasteiger partial charge in [0, 0.05) is 25.9 Å². The number of fused-ring (bicyclic) bond motifs is 1. The lowest BCUT2D eigenvalue weighted by molar-refractivity contribution is -0.141. The van der Waals surface area contributed by atoms with Crippen molar-refractivity contribution in [2.24, 2.45) is 0 Å². The number of Topliss-reactive ketones (excluding diaryl/α,β-unsaturated/α-hetero) is 1. The Morgan fingerprint density at radius 3 is 2.76 bits per heavy atom. The van der Waals surface area contributed by atoms with Gasteiger partial charge in [-0.15, -0.1) is 0 Å². The third-order valence-corrected chi connectivity index (χ3v) is 4.40. The van der Waals surface area contributed by atoms with Crippen molar-refractivity contribution in [2.75, 3.05) is 19.7 Å². The van der Waals surface area contributed by atoms with Gasteiger partial charge in [-0.3, -0.25) is 9.59 Å². The molecule has 0 N–H and O–H groups in total. The molecule has 1 atom stereocenters. The Kier molecular flexibility index (Phi) is 4.34. The van der Waals surface area contributed by atoms with Crippen LogP contribution in [0.15, 0.2) is 24.3 Å². The Bertz CT molecular complexity index is 531. The van der Waals surface area contributed by atoms with Gasteiger partial charge in [-0.25, -0.2) is 0 Å². The van der Waals surface area contributed by atoms with Crippen LogP contribution in [0.2, 0.25) is 0 Å². The Labute approximate surface area is 125 Å². The summed E-state index contributed by atoms with van der Waals surface area (Å²) in [5.41, 5.74) is 2.56. The fourth-order valence-electron chi connectivity index (χ4n) is 3.15. The molecule has 21 heavy (non-hydrogen) atoms. The zero-order chi connectivity index (χ0) is 14.7. The number of likely N-dealkylation sites (tertiary alicyclic amines) is 1. The Balaban J connectivity index is 1.56. The number of rotatable bonds is 3. The summed E-state index contributed by atoms with van der Waals surface area (Å²) in [7, 11) is 0. The van der Waals surface area contributed by atoms with E-state index in [0.717, 1.165) is 19.3 Å². The topological polar surface area (TPSA) is 46.6 Å². The number of carbonyl (C=O) groups is 2. The Morgan fingerprint density at radius 2 is 1.95 bits per heavy atom. The van der Waals surface area contributed by atoms with Crippen molar-refractivity contribution in [3.63, 3.8) is 0 Å². The molecule has 4 heteroatoms. The van der Waals surface area contributed by atoms with E-state index in [1.165, 1.54) is 11.1 Å². The second-order valence-corrected chi connectivity index (χ2v) is 5.81. The average Bonchev–Trinajstić information content (AvgIpc) is 2.53. The molecule has 0 bridgehead atoms. The van der Waals surface area contributed by atoms with Crippen LogP contribution in [0.1, 0.15) is 42.9 Å². The molecular weight excluding hydrogens is 266 g/mol. The number of ketones is 1. The number of piperidine rings is 1. The van der Waals surface area contributed by atoms with Crippen molar-refractivity contribution in [3.8, 4) is 0 Å². The highest BCUT2D eigenvalue weighted by atomic mass is 16.5. The molecule has 0 radical (unpaired) electrons. The minimum atomic E-state index is 0.00514. The maximum absolute atomic E-state index is 12.1. The molecular formula is C17H21NO3. The highest BCUT2D eigenvalue weighted by Gasteiger charge is 2.24. The van der Waals surface area contributed by atoms with E-state index in [4.69, 9.17) is 4.74 Å². The van der Waals surface area contributed by atoms with Crippen LogP contribution in [-0.2, 0) is 20.7 Å². The third-order valence-electron chi connectivity index (χ3n) is 4.40. The molecule has 4 nitrogen and oxygen atoms in total. The fraction of sp³-hybridized carbons (Fsp3) is 0.529. The van der Waals surface area contributed by atoms with E-state index in [9.17, 15) is 9.59 Å². The molecule has 2 aliphatic rings. The summed E-state index contributed by atoms with van der Waals surface area (Å²) in [5.74, 6) is 0.256. The van der Waals surface area contributed by atoms with Crippen molar-refractivity contribution < 1.29 is 14.3 Å². The number of carbonyl (C=O) groups excluding carboxylic acids is 2. The second kappa shape index (κ2) is 6.39. The Hall–Kier alpha value is -1.68. The van der Waals surface area contributed by atoms with Gasteiger partial charge in [-0.1, -0.05) is 24.3 Å². The maximum atomic E-state index is 12.1. The predicted octanol–water partition coefficient (Wildman–Crippen LogP) is 2.27. The van der Waals surface area contributed by atoms with Crippen molar-refractivity contribution >= 4 is 11.7 Å². The van der Waals surface area contributed by atoms with E-state index in [1.54, 1.807) is 4.90 Å². The first-order chi connectivity index (χ1) is 10.2. The van der Waals surface area contributed by atoms with Crippen molar-refractivity contribution in [1.82, 2.24) is 4.90 Å². The van der Waals surface area contributed by atoms with E-state index < -0.39 is 0 Å². The van der Waals surface area contributed by atoms with Crippen LogP contribution in [0, 0.1) is 0 Å². The molecule has 1 amide bonds. The number of nitrogens with zero attached hydrogens (tertiary/aromatic N) is 1. The van der Waals surface area contributed by atoms with Gasteiger partial charge in [0.05, 0.1) is 6.10 Å². The summed E-state index contributed by atoms with van der Waals surface area (Å²) < 4.78 is 5.88. The normalized spacial score (nSPS) is 22.0. The van der Waals surface area contributed by atoms with Crippen molar-refractivity contribution in [3.05, 3.63) is 35.4 Å². The van der Waals surface area contributed by atoms with Gasteiger partial charge < -0.3 is 9.64 Å². The summed E-state index contributed by atoms with van der Waals surface area (Å²) in [6.07, 6.45) is 4.18. The SMILES string of the molecule is O=C1CCN(C(=O)COC2CCCc3ccccc32)CC1. The van der Waals surface area contributed by atoms with Crippen LogP contribution < -0.4 is 0 Å². The first-order valence-electron chi connectivity index (χ1n) is 7.73. The molecule has 112 valence electrons. The zero-order valence-corrected chi connectivity index (χ0v) is 12.2. The number of hydrogen-bond donors (Lipinski definition) is 0. The molecule has 0 aromatic heterocycles. The molecule has 1 aliphatic carbocycles. The smallest absolute Gasteiger partial charge is 0.248 e. The lowest BCUT2D eigenvalue weighted by Gasteiger charge is -2.29. The molecule has 1 aliphatic heterocycles. The monoisotopic (exact) mass is 287 g/mol.